The highest BCUT2D eigenvalue weighted by molar-refractivity contribution is 5.78. The number of hydrogen-bond donors (Lipinski definition) is 0. The van der Waals surface area contributed by atoms with E-state index in [9.17, 15) is 9.59 Å². The van der Waals surface area contributed by atoms with E-state index >= 15 is 0 Å². The highest BCUT2D eigenvalue weighted by atomic mass is 16.6. The first-order chi connectivity index (χ1) is 25.5. The van der Waals surface area contributed by atoms with Crippen molar-refractivity contribution in [2.75, 3.05) is 67.1 Å². The fraction of sp³-hybridized carbons (Fsp3) is 0.429. The van der Waals surface area contributed by atoms with Crippen molar-refractivity contribution in [3.05, 3.63) is 96.3 Å². The summed E-state index contributed by atoms with van der Waals surface area (Å²) in [5, 5.41) is 0. The van der Waals surface area contributed by atoms with E-state index in [4.69, 9.17) is 37.9 Å². The van der Waals surface area contributed by atoms with E-state index in [0.29, 0.717) is 90.0 Å². The molecule has 0 atom stereocenters. The van der Waals surface area contributed by atoms with Crippen LogP contribution in [0.1, 0.15) is 44.1 Å². The third kappa shape index (κ3) is 12.3. The molecule has 0 saturated heterocycles. The quantitative estimate of drug-likeness (QED) is 0.0665. The Balaban J connectivity index is 0.999. The Hall–Kier alpha value is -4.48. The second-order valence-electron chi connectivity index (χ2n) is 12.7. The molecule has 3 aromatic carbocycles. The monoisotopic (exact) mass is 714 g/mol. The van der Waals surface area contributed by atoms with Crippen molar-refractivity contribution in [3.63, 3.8) is 0 Å². The summed E-state index contributed by atoms with van der Waals surface area (Å²) in [6, 6.07) is 22.9. The van der Waals surface area contributed by atoms with E-state index in [1.54, 1.807) is 26.4 Å². The molecule has 3 aromatic rings. The molecule has 10 heteroatoms. The molecule has 0 unspecified atom stereocenters. The molecule has 0 bridgehead atoms. The van der Waals surface area contributed by atoms with Crippen molar-refractivity contribution in [1.82, 2.24) is 0 Å². The molecular formula is C42H50O10. The summed E-state index contributed by atoms with van der Waals surface area (Å²) in [5.41, 5.74) is 4.32. The van der Waals surface area contributed by atoms with Gasteiger partial charge in [0, 0.05) is 20.6 Å². The second kappa shape index (κ2) is 21.1. The van der Waals surface area contributed by atoms with Crippen LogP contribution in [-0.2, 0) is 33.3 Å². The Morgan fingerprint density at radius 1 is 0.500 bits per heavy atom. The van der Waals surface area contributed by atoms with Gasteiger partial charge in [-0.25, -0.2) is 0 Å². The summed E-state index contributed by atoms with van der Waals surface area (Å²) in [6.45, 7) is 4.26. The lowest BCUT2D eigenvalue weighted by atomic mass is 9.82. The first-order valence-electron chi connectivity index (χ1n) is 18.1. The number of esters is 2. The minimum atomic E-state index is -0.264. The number of carbonyl (C=O) groups is 2. The number of carbonyl (C=O) groups excluding carboxylic acids is 2. The van der Waals surface area contributed by atoms with Gasteiger partial charge in [-0.05, 0) is 96.8 Å². The van der Waals surface area contributed by atoms with Crippen LogP contribution in [0, 0.1) is 11.8 Å². The maximum Gasteiger partial charge on any atom is 0.314 e. The van der Waals surface area contributed by atoms with E-state index in [1.165, 1.54) is 5.57 Å². The number of rotatable bonds is 20. The zero-order valence-electron chi connectivity index (χ0n) is 30.2. The topological polar surface area (TPSA) is 108 Å². The van der Waals surface area contributed by atoms with Crippen molar-refractivity contribution in [2.45, 2.75) is 38.5 Å². The zero-order valence-corrected chi connectivity index (χ0v) is 30.2. The average Bonchev–Trinajstić information content (AvgIpc) is 3.19. The molecule has 0 aromatic heterocycles. The average molecular weight is 715 g/mol. The summed E-state index contributed by atoms with van der Waals surface area (Å²) >= 11 is 0. The van der Waals surface area contributed by atoms with Crippen molar-refractivity contribution in [3.8, 4) is 28.4 Å². The molecule has 1 saturated carbocycles. The van der Waals surface area contributed by atoms with Crippen molar-refractivity contribution >= 4 is 17.5 Å². The molecule has 278 valence electrons. The van der Waals surface area contributed by atoms with E-state index in [1.807, 2.05) is 66.7 Å². The summed E-state index contributed by atoms with van der Waals surface area (Å²) in [4.78, 5) is 25.9. The SMILES string of the molecule is COCCOCCOC1=CC=C(c2ccc(OC(=O)[C@H]3CC[C@H](C(=O)Oc4ccc(-c5ccc(OCCOCCOC)cc5)cc4)CC3)cc2)CC1. The van der Waals surface area contributed by atoms with Crippen molar-refractivity contribution in [2.24, 2.45) is 11.8 Å². The molecule has 0 spiro atoms. The van der Waals surface area contributed by atoms with E-state index < -0.39 is 0 Å². The van der Waals surface area contributed by atoms with Gasteiger partial charge in [0.15, 0.2) is 0 Å². The Kier molecular flexibility index (Phi) is 15.8. The fourth-order valence-electron chi connectivity index (χ4n) is 6.08. The van der Waals surface area contributed by atoms with Gasteiger partial charge in [0.1, 0.15) is 30.5 Å². The smallest absolute Gasteiger partial charge is 0.314 e. The van der Waals surface area contributed by atoms with Crippen LogP contribution < -0.4 is 14.2 Å². The lowest BCUT2D eigenvalue weighted by Crippen LogP contribution is -2.30. The van der Waals surface area contributed by atoms with Crippen molar-refractivity contribution in [1.29, 1.82) is 0 Å². The number of benzene rings is 3. The van der Waals surface area contributed by atoms with Gasteiger partial charge in [0.2, 0.25) is 0 Å². The molecule has 2 aliphatic rings. The van der Waals surface area contributed by atoms with Gasteiger partial charge in [-0.2, -0.15) is 0 Å². The fourth-order valence-corrected chi connectivity index (χ4v) is 6.08. The number of methoxy groups -OCH3 is 2. The third-order valence-electron chi connectivity index (χ3n) is 9.08. The van der Waals surface area contributed by atoms with Gasteiger partial charge in [-0.1, -0.05) is 42.5 Å². The van der Waals surface area contributed by atoms with Crippen LogP contribution in [-0.4, -0.2) is 79.0 Å². The van der Waals surface area contributed by atoms with Gasteiger partial charge >= 0.3 is 11.9 Å². The molecule has 52 heavy (non-hydrogen) atoms. The van der Waals surface area contributed by atoms with Crippen LogP contribution in [0.2, 0.25) is 0 Å². The maximum atomic E-state index is 13.0. The third-order valence-corrected chi connectivity index (χ3v) is 9.08. The Morgan fingerprint density at radius 3 is 1.40 bits per heavy atom. The van der Waals surface area contributed by atoms with Crippen molar-refractivity contribution < 1.29 is 47.5 Å². The molecule has 0 aliphatic heterocycles. The number of ether oxygens (including phenoxy) is 8. The minimum absolute atomic E-state index is 0.246. The summed E-state index contributed by atoms with van der Waals surface area (Å²) < 4.78 is 43.8. The highest BCUT2D eigenvalue weighted by Crippen LogP contribution is 2.33. The molecule has 0 heterocycles. The Bertz CT molecular complexity index is 1590. The van der Waals surface area contributed by atoms with E-state index in [2.05, 4.69) is 6.08 Å². The van der Waals surface area contributed by atoms with Gasteiger partial charge in [0.25, 0.3) is 0 Å². The number of allylic oxidation sites excluding steroid dienone is 4. The van der Waals surface area contributed by atoms with Crippen LogP contribution in [0.25, 0.3) is 16.7 Å². The summed E-state index contributed by atoms with van der Waals surface area (Å²) in [7, 11) is 3.29. The molecular weight excluding hydrogens is 664 g/mol. The van der Waals surface area contributed by atoms with Crippen LogP contribution in [0.4, 0.5) is 0 Å². The van der Waals surface area contributed by atoms with Gasteiger partial charge in [-0.15, -0.1) is 0 Å². The predicted molar refractivity (Wildman–Crippen MR) is 197 cm³/mol. The normalized spacial score (nSPS) is 17.1. The van der Waals surface area contributed by atoms with E-state index in [0.717, 1.165) is 41.0 Å². The summed E-state index contributed by atoms with van der Waals surface area (Å²) in [6.07, 6.45) is 8.10. The largest absolute Gasteiger partial charge is 0.496 e. The number of hydrogen-bond acceptors (Lipinski definition) is 10. The van der Waals surface area contributed by atoms with E-state index in [-0.39, 0.29) is 23.8 Å². The standard InChI is InChI=1S/C42H50O10/c1-45-23-25-47-27-29-49-37-15-7-31(8-16-37)33-11-19-39(20-12-33)51-41(43)35-3-5-36(6-4-35)42(44)52-40-21-13-34(14-22-40)32-9-17-38(18-10-32)50-30-28-48-26-24-46-2/h7-9,11-17,19-22,35-36H,3-6,10,18,23-30H2,1-2H3/t35-,36-. The molecule has 2 aliphatic carbocycles. The Labute approximate surface area is 306 Å². The van der Waals surface area contributed by atoms with Gasteiger partial charge in [-0.3, -0.25) is 9.59 Å². The van der Waals surface area contributed by atoms with Crippen LogP contribution >= 0.6 is 0 Å². The van der Waals surface area contributed by atoms with Crippen LogP contribution in [0.3, 0.4) is 0 Å². The van der Waals surface area contributed by atoms with Crippen LogP contribution in [0.5, 0.6) is 17.2 Å². The minimum Gasteiger partial charge on any atom is -0.496 e. The van der Waals surface area contributed by atoms with Crippen LogP contribution in [0.15, 0.2) is 90.7 Å². The molecule has 5 rings (SSSR count). The lowest BCUT2D eigenvalue weighted by molar-refractivity contribution is -0.145. The molecule has 0 N–H and O–H groups in total. The predicted octanol–water partition coefficient (Wildman–Crippen LogP) is 7.45. The first-order valence-corrected chi connectivity index (χ1v) is 18.1. The lowest BCUT2D eigenvalue weighted by Gasteiger charge is -2.25. The molecule has 0 radical (unpaired) electrons. The maximum absolute atomic E-state index is 13.0. The van der Waals surface area contributed by atoms with Gasteiger partial charge < -0.3 is 37.9 Å². The molecule has 10 nitrogen and oxygen atoms in total. The Morgan fingerprint density at radius 2 is 0.942 bits per heavy atom. The molecule has 1 fully saturated rings. The highest BCUT2D eigenvalue weighted by Gasteiger charge is 2.32. The molecule has 0 amide bonds. The van der Waals surface area contributed by atoms with Gasteiger partial charge in [0.05, 0.1) is 57.2 Å². The first kappa shape index (κ1) is 38.7. The second-order valence-corrected chi connectivity index (χ2v) is 12.7. The summed E-state index contributed by atoms with van der Waals surface area (Å²) in [5.74, 6) is 1.72. The zero-order chi connectivity index (χ0) is 36.4.